The number of carbonyl (C=O) groups is 1. The largest absolute Gasteiger partial charge is 0.351 e. The van der Waals surface area contributed by atoms with Crippen LogP contribution in [0, 0.1) is 6.92 Å². The van der Waals surface area contributed by atoms with Gasteiger partial charge in [-0.25, -0.2) is 0 Å². The predicted octanol–water partition coefficient (Wildman–Crippen LogP) is 2.47. The van der Waals surface area contributed by atoms with Gasteiger partial charge in [0.25, 0.3) is 5.91 Å². The van der Waals surface area contributed by atoms with E-state index < -0.39 is 0 Å². The Balaban J connectivity index is 1.90. The van der Waals surface area contributed by atoms with Crippen molar-refractivity contribution < 1.29 is 9.32 Å². The molecule has 6 nitrogen and oxygen atoms in total. The van der Waals surface area contributed by atoms with Crippen LogP contribution in [0.3, 0.4) is 0 Å². The van der Waals surface area contributed by atoms with Crippen LogP contribution in [0.1, 0.15) is 53.5 Å². The number of aryl methyl sites for hydroxylation is 2. The van der Waals surface area contributed by atoms with E-state index in [9.17, 15) is 4.79 Å². The van der Waals surface area contributed by atoms with Crippen LogP contribution in [0.15, 0.2) is 23.0 Å². The summed E-state index contributed by atoms with van der Waals surface area (Å²) in [7, 11) is 1.90. The van der Waals surface area contributed by atoms with E-state index in [0.29, 0.717) is 5.76 Å². The first kappa shape index (κ1) is 13.9. The number of rotatable bonds is 2. The van der Waals surface area contributed by atoms with Crippen LogP contribution in [0.4, 0.5) is 0 Å². The van der Waals surface area contributed by atoms with Crippen LogP contribution in [0.2, 0.25) is 0 Å². The number of aromatic nitrogens is 3. The van der Waals surface area contributed by atoms with Crippen molar-refractivity contribution in [2.75, 3.05) is 6.54 Å². The Labute approximate surface area is 123 Å². The Hall–Kier alpha value is -2.11. The second-order valence-electron chi connectivity index (χ2n) is 5.64. The molecule has 0 aromatic carbocycles. The summed E-state index contributed by atoms with van der Waals surface area (Å²) in [5, 5.41) is 8.05. The smallest absolute Gasteiger partial charge is 0.292 e. The molecule has 0 radical (unpaired) electrons. The molecular weight excluding hydrogens is 268 g/mol. The lowest BCUT2D eigenvalue weighted by molar-refractivity contribution is 0.0638. The number of hydrogen-bond acceptors (Lipinski definition) is 4. The Morgan fingerprint density at radius 3 is 2.90 bits per heavy atom. The lowest BCUT2D eigenvalue weighted by Crippen LogP contribution is -2.34. The fourth-order valence-corrected chi connectivity index (χ4v) is 2.92. The minimum absolute atomic E-state index is 0.0686. The molecule has 0 spiro atoms. The molecule has 1 amide bonds. The van der Waals surface area contributed by atoms with Crippen LogP contribution in [0.25, 0.3) is 0 Å². The van der Waals surface area contributed by atoms with Gasteiger partial charge in [-0.2, -0.15) is 5.10 Å². The molecule has 2 aromatic rings. The minimum atomic E-state index is -0.0775. The van der Waals surface area contributed by atoms with Crippen molar-refractivity contribution in [3.05, 3.63) is 35.5 Å². The summed E-state index contributed by atoms with van der Waals surface area (Å²) in [6, 6.07) is 1.77. The molecule has 1 aliphatic rings. The van der Waals surface area contributed by atoms with Gasteiger partial charge in [0.2, 0.25) is 5.76 Å². The molecule has 3 rings (SSSR count). The average molecular weight is 288 g/mol. The van der Waals surface area contributed by atoms with Crippen molar-refractivity contribution in [1.29, 1.82) is 0 Å². The van der Waals surface area contributed by atoms with Gasteiger partial charge < -0.3 is 9.42 Å². The SMILES string of the molecule is Cc1cc(C(=O)N2CCCCCC2c2cnn(C)c2)on1. The predicted molar refractivity (Wildman–Crippen MR) is 76.7 cm³/mol. The van der Waals surface area contributed by atoms with Crippen molar-refractivity contribution >= 4 is 5.91 Å². The summed E-state index contributed by atoms with van der Waals surface area (Å²) in [6.07, 6.45) is 8.10. The molecule has 1 saturated heterocycles. The number of likely N-dealkylation sites (tertiary alicyclic amines) is 1. The summed E-state index contributed by atoms with van der Waals surface area (Å²) in [5.41, 5.74) is 1.81. The van der Waals surface area contributed by atoms with Gasteiger partial charge in [-0.15, -0.1) is 0 Å². The molecule has 0 N–H and O–H groups in total. The maximum Gasteiger partial charge on any atom is 0.292 e. The quantitative estimate of drug-likeness (QED) is 0.851. The second kappa shape index (κ2) is 5.71. The van der Waals surface area contributed by atoms with E-state index in [-0.39, 0.29) is 11.9 Å². The van der Waals surface area contributed by atoms with E-state index in [0.717, 1.165) is 43.5 Å². The molecule has 1 fully saturated rings. The van der Waals surface area contributed by atoms with Crippen molar-refractivity contribution in [2.45, 2.75) is 38.6 Å². The minimum Gasteiger partial charge on any atom is -0.351 e. The van der Waals surface area contributed by atoms with Crippen LogP contribution in [0.5, 0.6) is 0 Å². The van der Waals surface area contributed by atoms with Crippen molar-refractivity contribution in [3.63, 3.8) is 0 Å². The van der Waals surface area contributed by atoms with E-state index in [4.69, 9.17) is 4.52 Å². The lowest BCUT2D eigenvalue weighted by atomic mass is 10.0. The fraction of sp³-hybridized carbons (Fsp3) is 0.533. The molecule has 1 unspecified atom stereocenters. The van der Waals surface area contributed by atoms with Gasteiger partial charge in [0.05, 0.1) is 17.9 Å². The van der Waals surface area contributed by atoms with Gasteiger partial charge in [-0.05, 0) is 19.8 Å². The molecule has 21 heavy (non-hydrogen) atoms. The van der Waals surface area contributed by atoms with E-state index >= 15 is 0 Å². The molecule has 112 valence electrons. The lowest BCUT2D eigenvalue weighted by Gasteiger charge is -2.28. The highest BCUT2D eigenvalue weighted by atomic mass is 16.5. The first-order valence-corrected chi connectivity index (χ1v) is 7.38. The fourth-order valence-electron chi connectivity index (χ4n) is 2.92. The summed E-state index contributed by atoms with van der Waals surface area (Å²) in [5.74, 6) is 0.245. The standard InChI is InChI=1S/C15H20N4O2/c1-11-8-14(21-17-11)15(20)19-7-5-3-4-6-13(19)12-9-16-18(2)10-12/h8-10,13H,3-7H2,1-2H3. The van der Waals surface area contributed by atoms with Gasteiger partial charge in [-0.1, -0.05) is 18.0 Å². The Bertz CT molecular complexity index is 631. The van der Waals surface area contributed by atoms with Gasteiger partial charge in [0.15, 0.2) is 0 Å². The maximum atomic E-state index is 12.7. The molecular formula is C15H20N4O2. The third-order valence-electron chi connectivity index (χ3n) is 3.96. The number of nitrogens with zero attached hydrogens (tertiary/aromatic N) is 4. The molecule has 0 bridgehead atoms. The van der Waals surface area contributed by atoms with Crippen molar-refractivity contribution in [2.24, 2.45) is 7.05 Å². The highest BCUT2D eigenvalue weighted by Gasteiger charge is 2.30. The highest BCUT2D eigenvalue weighted by Crippen LogP contribution is 2.31. The van der Waals surface area contributed by atoms with Gasteiger partial charge in [0.1, 0.15) is 0 Å². The van der Waals surface area contributed by atoms with E-state index in [1.165, 1.54) is 0 Å². The van der Waals surface area contributed by atoms with Gasteiger partial charge >= 0.3 is 0 Å². The molecule has 1 atom stereocenters. The third-order valence-corrected chi connectivity index (χ3v) is 3.96. The normalized spacial score (nSPS) is 19.5. The monoisotopic (exact) mass is 288 g/mol. The molecule has 0 saturated carbocycles. The van der Waals surface area contributed by atoms with Gasteiger partial charge in [-0.3, -0.25) is 9.48 Å². The highest BCUT2D eigenvalue weighted by molar-refractivity contribution is 5.91. The zero-order valence-electron chi connectivity index (χ0n) is 12.5. The summed E-state index contributed by atoms with van der Waals surface area (Å²) in [6.45, 7) is 2.57. The van der Waals surface area contributed by atoms with Crippen LogP contribution in [-0.2, 0) is 7.05 Å². The Morgan fingerprint density at radius 1 is 1.38 bits per heavy atom. The molecule has 6 heteroatoms. The summed E-state index contributed by atoms with van der Waals surface area (Å²) >= 11 is 0. The third kappa shape index (κ3) is 2.84. The molecule has 1 aliphatic heterocycles. The van der Waals surface area contributed by atoms with Crippen LogP contribution in [-0.4, -0.2) is 32.3 Å². The van der Waals surface area contributed by atoms with E-state index in [2.05, 4.69) is 10.3 Å². The zero-order valence-corrected chi connectivity index (χ0v) is 12.5. The molecule has 3 heterocycles. The summed E-state index contributed by atoms with van der Waals surface area (Å²) in [4.78, 5) is 14.6. The van der Waals surface area contributed by atoms with E-state index in [1.54, 1.807) is 10.7 Å². The number of carbonyl (C=O) groups excluding carboxylic acids is 1. The van der Waals surface area contributed by atoms with Crippen LogP contribution >= 0.6 is 0 Å². The van der Waals surface area contributed by atoms with Crippen LogP contribution < -0.4 is 0 Å². The molecule has 2 aromatic heterocycles. The topological polar surface area (TPSA) is 64.2 Å². The van der Waals surface area contributed by atoms with E-state index in [1.807, 2.05) is 31.3 Å². The Kier molecular flexibility index (Phi) is 3.77. The first-order valence-electron chi connectivity index (χ1n) is 7.38. The Morgan fingerprint density at radius 2 is 2.24 bits per heavy atom. The van der Waals surface area contributed by atoms with Crippen molar-refractivity contribution in [1.82, 2.24) is 19.8 Å². The molecule has 0 aliphatic carbocycles. The zero-order chi connectivity index (χ0) is 14.8. The number of amides is 1. The second-order valence-corrected chi connectivity index (χ2v) is 5.64. The van der Waals surface area contributed by atoms with Gasteiger partial charge in [0, 0.05) is 31.4 Å². The summed E-state index contributed by atoms with van der Waals surface area (Å²) < 4.78 is 6.93. The first-order chi connectivity index (χ1) is 10.1. The maximum absolute atomic E-state index is 12.7. The van der Waals surface area contributed by atoms with Crippen molar-refractivity contribution in [3.8, 4) is 0 Å². The number of hydrogen-bond donors (Lipinski definition) is 0. The average Bonchev–Trinajstić information content (AvgIpc) is 3.00.